The van der Waals surface area contributed by atoms with Crippen LogP contribution in [0, 0.1) is 0 Å². The van der Waals surface area contributed by atoms with Crippen LogP contribution in [0.15, 0.2) is 61.2 Å². The maximum absolute atomic E-state index is 12.1. The van der Waals surface area contributed by atoms with Gasteiger partial charge in [0.05, 0.1) is 18.9 Å². The Balaban J connectivity index is 1.42. The Morgan fingerprint density at radius 3 is 2.48 bits per heavy atom. The zero-order chi connectivity index (χ0) is 18.9. The third-order valence-electron chi connectivity index (χ3n) is 3.79. The van der Waals surface area contributed by atoms with Crippen molar-refractivity contribution >= 4 is 11.6 Å². The molecule has 0 fully saturated rings. The van der Waals surface area contributed by atoms with Gasteiger partial charge in [-0.05, 0) is 49.7 Å². The molecule has 1 heterocycles. The van der Waals surface area contributed by atoms with Crippen LogP contribution < -0.4 is 14.8 Å². The second-order valence-electron chi connectivity index (χ2n) is 5.77. The molecule has 2 aromatic carbocycles. The van der Waals surface area contributed by atoms with Gasteiger partial charge >= 0.3 is 0 Å². The van der Waals surface area contributed by atoms with Crippen LogP contribution in [0.1, 0.15) is 19.8 Å². The average Bonchev–Trinajstić information content (AvgIpc) is 3.22. The zero-order valence-corrected chi connectivity index (χ0v) is 15.2. The van der Waals surface area contributed by atoms with Gasteiger partial charge in [-0.25, -0.2) is 9.67 Å². The minimum Gasteiger partial charge on any atom is -0.490 e. The summed E-state index contributed by atoms with van der Waals surface area (Å²) in [5, 5.41) is 6.95. The van der Waals surface area contributed by atoms with Gasteiger partial charge in [-0.3, -0.25) is 4.79 Å². The van der Waals surface area contributed by atoms with Crippen molar-refractivity contribution in [1.29, 1.82) is 0 Å². The molecule has 0 aliphatic heterocycles. The molecule has 140 valence electrons. The summed E-state index contributed by atoms with van der Waals surface area (Å²) in [6.45, 7) is 2.96. The summed E-state index contributed by atoms with van der Waals surface area (Å²) < 4.78 is 12.9. The van der Waals surface area contributed by atoms with E-state index >= 15 is 0 Å². The summed E-state index contributed by atoms with van der Waals surface area (Å²) in [7, 11) is 0. The number of aromatic nitrogens is 3. The third kappa shape index (κ3) is 5.31. The monoisotopic (exact) mass is 366 g/mol. The van der Waals surface area contributed by atoms with Crippen molar-refractivity contribution in [3.8, 4) is 17.2 Å². The van der Waals surface area contributed by atoms with E-state index in [9.17, 15) is 4.79 Å². The van der Waals surface area contributed by atoms with Crippen LogP contribution in [0.4, 0.5) is 5.69 Å². The van der Waals surface area contributed by atoms with E-state index in [2.05, 4.69) is 15.4 Å². The van der Waals surface area contributed by atoms with Crippen LogP contribution in [0.5, 0.6) is 11.5 Å². The molecule has 3 aromatic rings. The predicted molar refractivity (Wildman–Crippen MR) is 102 cm³/mol. The lowest BCUT2D eigenvalue weighted by molar-refractivity contribution is -0.116. The highest BCUT2D eigenvalue weighted by Gasteiger charge is 2.06. The summed E-state index contributed by atoms with van der Waals surface area (Å²) in [5.74, 6) is 1.37. The Morgan fingerprint density at radius 2 is 1.81 bits per heavy atom. The van der Waals surface area contributed by atoms with Gasteiger partial charge in [0.1, 0.15) is 12.7 Å². The largest absolute Gasteiger partial charge is 0.490 e. The first-order valence-electron chi connectivity index (χ1n) is 8.86. The molecule has 7 nitrogen and oxygen atoms in total. The summed E-state index contributed by atoms with van der Waals surface area (Å²) in [6.07, 6.45) is 4.09. The van der Waals surface area contributed by atoms with Gasteiger partial charge in [-0.2, -0.15) is 5.10 Å². The number of anilines is 1. The topological polar surface area (TPSA) is 78.3 Å². The summed E-state index contributed by atoms with van der Waals surface area (Å²) in [4.78, 5) is 16.0. The molecule has 0 radical (unpaired) electrons. The number of hydrogen-bond donors (Lipinski definition) is 1. The number of para-hydroxylation sites is 2. The first kappa shape index (κ1) is 18.4. The fourth-order valence-corrected chi connectivity index (χ4v) is 2.52. The van der Waals surface area contributed by atoms with Gasteiger partial charge in [0.15, 0.2) is 11.5 Å². The highest BCUT2D eigenvalue weighted by atomic mass is 16.5. The van der Waals surface area contributed by atoms with E-state index in [1.165, 1.54) is 6.33 Å². The fourth-order valence-electron chi connectivity index (χ4n) is 2.52. The fraction of sp³-hybridized carbons (Fsp3) is 0.250. The average molecular weight is 366 g/mol. The predicted octanol–water partition coefficient (Wildman–Crippen LogP) is 3.46. The van der Waals surface area contributed by atoms with E-state index in [-0.39, 0.29) is 5.91 Å². The van der Waals surface area contributed by atoms with Crippen molar-refractivity contribution in [2.24, 2.45) is 0 Å². The van der Waals surface area contributed by atoms with Gasteiger partial charge in [-0.15, -0.1) is 0 Å². The Bertz CT molecular complexity index is 848. The van der Waals surface area contributed by atoms with Crippen molar-refractivity contribution in [2.45, 2.75) is 19.8 Å². The number of rotatable bonds is 9. The highest BCUT2D eigenvalue weighted by molar-refractivity contribution is 5.90. The Kier molecular flexibility index (Phi) is 6.40. The first-order chi connectivity index (χ1) is 13.3. The summed E-state index contributed by atoms with van der Waals surface area (Å²) in [5.41, 5.74) is 1.62. The maximum atomic E-state index is 12.1. The van der Waals surface area contributed by atoms with Crippen molar-refractivity contribution in [3.05, 3.63) is 61.2 Å². The summed E-state index contributed by atoms with van der Waals surface area (Å²) in [6, 6.07) is 15.0. The van der Waals surface area contributed by atoms with E-state index in [0.29, 0.717) is 31.8 Å². The second kappa shape index (κ2) is 9.38. The van der Waals surface area contributed by atoms with E-state index in [0.717, 1.165) is 17.1 Å². The molecule has 0 saturated heterocycles. The van der Waals surface area contributed by atoms with Crippen LogP contribution in [-0.2, 0) is 4.79 Å². The van der Waals surface area contributed by atoms with E-state index in [1.54, 1.807) is 11.0 Å². The number of hydrogen-bond acceptors (Lipinski definition) is 5. The van der Waals surface area contributed by atoms with Crippen LogP contribution in [0.3, 0.4) is 0 Å². The molecule has 0 aliphatic rings. The number of carbonyl (C=O) groups is 1. The van der Waals surface area contributed by atoms with Crippen LogP contribution >= 0.6 is 0 Å². The number of carbonyl (C=O) groups excluding carboxylic acids is 1. The number of ether oxygens (including phenoxy) is 2. The maximum Gasteiger partial charge on any atom is 0.224 e. The lowest BCUT2D eigenvalue weighted by atomic mass is 10.2. The molecule has 0 saturated carbocycles. The molecule has 7 heteroatoms. The molecule has 27 heavy (non-hydrogen) atoms. The van der Waals surface area contributed by atoms with Crippen LogP contribution in [0.2, 0.25) is 0 Å². The highest BCUT2D eigenvalue weighted by Crippen LogP contribution is 2.26. The molecular formula is C20H22N4O3. The second-order valence-corrected chi connectivity index (χ2v) is 5.77. The zero-order valence-electron chi connectivity index (χ0n) is 15.2. The molecule has 0 spiro atoms. The van der Waals surface area contributed by atoms with Crippen molar-refractivity contribution in [1.82, 2.24) is 14.8 Å². The standard InChI is InChI=1S/C20H22N4O3/c1-2-26-18-6-3-4-7-19(18)27-13-5-8-20(25)23-16-9-11-17(12-10-16)24-15-21-14-22-24/h3-4,6-7,9-12,14-15H,2,5,8,13H2,1H3,(H,23,25). The molecule has 3 rings (SSSR count). The minimum absolute atomic E-state index is 0.0507. The summed E-state index contributed by atoms with van der Waals surface area (Å²) >= 11 is 0. The van der Waals surface area contributed by atoms with Gasteiger partial charge < -0.3 is 14.8 Å². The molecule has 1 aromatic heterocycles. The normalized spacial score (nSPS) is 10.4. The Labute approximate surface area is 158 Å². The smallest absolute Gasteiger partial charge is 0.224 e. The molecular weight excluding hydrogens is 344 g/mol. The third-order valence-corrected chi connectivity index (χ3v) is 3.79. The lowest BCUT2D eigenvalue weighted by Gasteiger charge is -2.11. The van der Waals surface area contributed by atoms with E-state index in [4.69, 9.17) is 9.47 Å². The van der Waals surface area contributed by atoms with E-state index < -0.39 is 0 Å². The Hall–Kier alpha value is -3.35. The number of nitrogens with one attached hydrogen (secondary N) is 1. The number of nitrogens with zero attached hydrogens (tertiary/aromatic N) is 3. The van der Waals surface area contributed by atoms with Gasteiger partial charge in [0.25, 0.3) is 0 Å². The Morgan fingerprint density at radius 1 is 1.07 bits per heavy atom. The van der Waals surface area contributed by atoms with Crippen LogP contribution in [0.25, 0.3) is 5.69 Å². The van der Waals surface area contributed by atoms with Crippen LogP contribution in [-0.4, -0.2) is 33.9 Å². The lowest BCUT2D eigenvalue weighted by Crippen LogP contribution is -2.13. The first-order valence-corrected chi connectivity index (χ1v) is 8.86. The molecule has 0 aliphatic carbocycles. The van der Waals surface area contributed by atoms with Crippen molar-refractivity contribution < 1.29 is 14.3 Å². The van der Waals surface area contributed by atoms with Crippen molar-refractivity contribution in [2.75, 3.05) is 18.5 Å². The van der Waals surface area contributed by atoms with Gasteiger partial charge in [0.2, 0.25) is 5.91 Å². The SMILES string of the molecule is CCOc1ccccc1OCCCC(=O)Nc1ccc(-n2cncn2)cc1. The van der Waals surface area contributed by atoms with E-state index in [1.807, 2.05) is 55.5 Å². The molecule has 0 unspecified atom stereocenters. The molecule has 1 N–H and O–H groups in total. The number of amides is 1. The number of benzene rings is 2. The molecule has 0 atom stereocenters. The van der Waals surface area contributed by atoms with Crippen molar-refractivity contribution in [3.63, 3.8) is 0 Å². The minimum atomic E-state index is -0.0507. The quantitative estimate of drug-likeness (QED) is 0.587. The van der Waals surface area contributed by atoms with Gasteiger partial charge in [-0.1, -0.05) is 12.1 Å². The molecule has 0 bridgehead atoms. The molecule has 1 amide bonds. The van der Waals surface area contributed by atoms with Gasteiger partial charge in [0, 0.05) is 12.1 Å².